The third kappa shape index (κ3) is 4.21. The Bertz CT molecular complexity index is 1300. The average Bonchev–Trinajstić information content (AvgIpc) is 3.45. The van der Waals surface area contributed by atoms with Gasteiger partial charge in [0.05, 0.1) is 5.69 Å². The Labute approximate surface area is 192 Å². The molecule has 2 aromatic carbocycles. The first-order valence-corrected chi connectivity index (χ1v) is 12.2. The van der Waals surface area contributed by atoms with Gasteiger partial charge in [0.25, 0.3) is 0 Å². The van der Waals surface area contributed by atoms with Gasteiger partial charge in [-0.15, -0.1) is 11.3 Å². The van der Waals surface area contributed by atoms with Crippen molar-refractivity contribution >= 4 is 39.2 Å². The van der Waals surface area contributed by atoms with Gasteiger partial charge in [0.1, 0.15) is 10.9 Å². The highest BCUT2D eigenvalue weighted by molar-refractivity contribution is 7.12. The lowest BCUT2D eigenvalue weighted by Crippen LogP contribution is -2.33. The van der Waals surface area contributed by atoms with E-state index in [1.807, 2.05) is 13.0 Å². The zero-order valence-electron chi connectivity index (χ0n) is 18.4. The van der Waals surface area contributed by atoms with Crippen LogP contribution < -0.4 is 0 Å². The van der Waals surface area contributed by atoms with Crippen LogP contribution in [0.15, 0.2) is 53.1 Å². The van der Waals surface area contributed by atoms with Crippen molar-refractivity contribution in [3.8, 4) is 6.07 Å². The van der Waals surface area contributed by atoms with Crippen LogP contribution in [0.3, 0.4) is 0 Å². The molecule has 0 unspecified atom stereocenters. The number of aryl methyl sites for hydroxylation is 1. The molecule has 1 saturated heterocycles. The Morgan fingerprint density at radius 2 is 2.03 bits per heavy atom. The molecule has 4 nitrogen and oxygen atoms in total. The van der Waals surface area contributed by atoms with Crippen LogP contribution in [0.1, 0.15) is 47.2 Å². The summed E-state index contributed by atoms with van der Waals surface area (Å²) < 4.78 is 5.84. The lowest BCUT2D eigenvalue weighted by atomic mass is 9.90. The largest absolute Gasteiger partial charge is 0.355 e. The Morgan fingerprint density at radius 3 is 2.81 bits per heavy atom. The summed E-state index contributed by atoms with van der Waals surface area (Å²) >= 11 is 1.62. The van der Waals surface area contributed by atoms with Crippen LogP contribution in [-0.4, -0.2) is 23.1 Å². The number of thiophene rings is 1. The lowest BCUT2D eigenvalue weighted by molar-refractivity contribution is 0.173. The van der Waals surface area contributed by atoms with E-state index in [-0.39, 0.29) is 0 Å². The number of hydrogen-bond acceptors (Lipinski definition) is 5. The number of rotatable bonds is 6. The SMILES string of the molecule is C/C=C/c1c2ccccc2cc2c(CCC3CCN(Cc4ccc(C#N)s4)CC3)noc12. The number of fused-ring (bicyclic) bond motifs is 2. The fraction of sp³-hybridized carbons (Fsp3) is 0.333. The average molecular weight is 442 g/mol. The Morgan fingerprint density at radius 1 is 1.19 bits per heavy atom. The minimum Gasteiger partial charge on any atom is -0.355 e. The molecule has 4 aromatic rings. The van der Waals surface area contributed by atoms with Gasteiger partial charge in [-0.2, -0.15) is 5.26 Å². The molecule has 0 spiro atoms. The number of nitrogens with zero attached hydrogens (tertiary/aromatic N) is 3. The fourth-order valence-corrected chi connectivity index (χ4v) is 5.70. The van der Waals surface area contributed by atoms with E-state index in [2.05, 4.69) is 64.7 Å². The number of allylic oxidation sites excluding steroid dienone is 1. The highest BCUT2D eigenvalue weighted by Gasteiger charge is 2.21. The van der Waals surface area contributed by atoms with E-state index in [1.165, 1.54) is 28.5 Å². The van der Waals surface area contributed by atoms with Crippen LogP contribution in [0.25, 0.3) is 27.8 Å². The number of benzene rings is 2. The van der Waals surface area contributed by atoms with E-state index in [0.717, 1.165) is 65.5 Å². The molecule has 0 atom stereocenters. The summed E-state index contributed by atoms with van der Waals surface area (Å²) in [6.45, 7) is 5.26. The number of piperidine rings is 1. The topological polar surface area (TPSA) is 53.1 Å². The van der Waals surface area contributed by atoms with E-state index < -0.39 is 0 Å². The van der Waals surface area contributed by atoms with Crippen LogP contribution in [0.2, 0.25) is 0 Å². The maximum atomic E-state index is 9.02. The van der Waals surface area contributed by atoms with Crippen LogP contribution in [0.4, 0.5) is 0 Å². The summed E-state index contributed by atoms with van der Waals surface area (Å²) in [6, 6.07) is 17.0. The van der Waals surface area contributed by atoms with E-state index in [0.29, 0.717) is 0 Å². The predicted molar refractivity (Wildman–Crippen MR) is 132 cm³/mol. The van der Waals surface area contributed by atoms with Gasteiger partial charge in [0.2, 0.25) is 0 Å². The van der Waals surface area contributed by atoms with Crippen molar-refractivity contribution in [3.05, 3.63) is 69.6 Å². The highest BCUT2D eigenvalue weighted by atomic mass is 32.1. The monoisotopic (exact) mass is 441 g/mol. The van der Waals surface area contributed by atoms with Crippen molar-refractivity contribution in [2.75, 3.05) is 13.1 Å². The molecule has 0 radical (unpaired) electrons. The first-order chi connectivity index (χ1) is 15.7. The van der Waals surface area contributed by atoms with Crippen molar-refractivity contribution in [2.24, 2.45) is 5.92 Å². The third-order valence-corrected chi connectivity index (χ3v) is 7.55. The molecule has 5 heteroatoms. The number of aromatic nitrogens is 1. The van der Waals surface area contributed by atoms with Crippen LogP contribution in [0.5, 0.6) is 0 Å². The van der Waals surface area contributed by atoms with E-state index in [1.54, 1.807) is 11.3 Å². The van der Waals surface area contributed by atoms with Gasteiger partial charge in [-0.3, -0.25) is 4.90 Å². The van der Waals surface area contributed by atoms with Gasteiger partial charge >= 0.3 is 0 Å². The van der Waals surface area contributed by atoms with Gasteiger partial charge < -0.3 is 4.52 Å². The first kappa shape index (κ1) is 20.9. The standard InChI is InChI=1S/C27H27N3OS/c1-2-5-24-23-7-4-3-6-20(23)16-25-26(29-31-27(24)25)11-8-19-12-14-30(15-13-19)18-22-10-9-21(17-28)32-22/h2-7,9-10,16,19H,8,11-15,18H2,1H3/b5-2+. The van der Waals surface area contributed by atoms with Gasteiger partial charge in [0.15, 0.2) is 5.58 Å². The van der Waals surface area contributed by atoms with Crippen molar-refractivity contribution in [3.63, 3.8) is 0 Å². The van der Waals surface area contributed by atoms with Gasteiger partial charge in [-0.1, -0.05) is 41.6 Å². The molecule has 0 aliphatic carbocycles. The Hall–Kier alpha value is -2.94. The molecule has 1 aliphatic heterocycles. The molecule has 1 fully saturated rings. The fourth-order valence-electron chi connectivity index (χ4n) is 4.85. The molecule has 3 heterocycles. The summed E-state index contributed by atoms with van der Waals surface area (Å²) in [4.78, 5) is 4.61. The first-order valence-electron chi connectivity index (χ1n) is 11.4. The van der Waals surface area contributed by atoms with Gasteiger partial charge in [0, 0.05) is 22.4 Å². The molecular weight excluding hydrogens is 414 g/mol. The van der Waals surface area contributed by atoms with E-state index >= 15 is 0 Å². The van der Waals surface area contributed by atoms with E-state index in [9.17, 15) is 0 Å². The summed E-state index contributed by atoms with van der Waals surface area (Å²) in [5.74, 6) is 0.728. The van der Waals surface area contributed by atoms with Gasteiger partial charge in [-0.05, 0) is 80.6 Å². The molecular formula is C27H27N3OS. The van der Waals surface area contributed by atoms with Crippen molar-refractivity contribution in [1.29, 1.82) is 5.26 Å². The molecule has 0 amide bonds. The molecule has 32 heavy (non-hydrogen) atoms. The molecule has 2 aromatic heterocycles. The normalized spacial score (nSPS) is 15.8. The second-order valence-electron chi connectivity index (χ2n) is 8.65. The van der Waals surface area contributed by atoms with Crippen molar-refractivity contribution < 1.29 is 4.52 Å². The minimum atomic E-state index is 0.728. The molecule has 5 rings (SSSR count). The molecule has 162 valence electrons. The zero-order chi connectivity index (χ0) is 21.9. The minimum absolute atomic E-state index is 0.728. The third-order valence-electron chi connectivity index (χ3n) is 6.58. The highest BCUT2D eigenvalue weighted by Crippen LogP contribution is 2.33. The zero-order valence-corrected chi connectivity index (χ0v) is 19.2. The van der Waals surface area contributed by atoms with Crippen molar-refractivity contribution in [1.82, 2.24) is 10.1 Å². The Balaban J connectivity index is 1.25. The van der Waals surface area contributed by atoms with Crippen molar-refractivity contribution in [2.45, 2.75) is 39.2 Å². The summed E-state index contributed by atoms with van der Waals surface area (Å²) in [5.41, 5.74) is 3.11. The maximum absolute atomic E-state index is 9.02. The number of hydrogen-bond donors (Lipinski definition) is 0. The second-order valence-corrected chi connectivity index (χ2v) is 9.82. The summed E-state index contributed by atoms with van der Waals surface area (Å²) in [5, 5.41) is 17.1. The smallest absolute Gasteiger partial charge is 0.174 e. The Kier molecular flexibility index (Phi) is 6.07. The number of likely N-dealkylation sites (tertiary alicyclic amines) is 1. The lowest BCUT2D eigenvalue weighted by Gasteiger charge is -2.31. The van der Waals surface area contributed by atoms with E-state index in [4.69, 9.17) is 9.78 Å². The second kappa shape index (κ2) is 9.28. The van der Waals surface area contributed by atoms with Crippen LogP contribution in [0, 0.1) is 17.2 Å². The maximum Gasteiger partial charge on any atom is 0.174 e. The molecule has 1 aliphatic rings. The molecule has 0 bridgehead atoms. The quantitative estimate of drug-likeness (QED) is 0.330. The van der Waals surface area contributed by atoms with Gasteiger partial charge in [-0.25, -0.2) is 0 Å². The summed E-state index contributed by atoms with van der Waals surface area (Å²) in [6.07, 6.45) is 8.75. The number of nitriles is 1. The molecule has 0 N–H and O–H groups in total. The summed E-state index contributed by atoms with van der Waals surface area (Å²) in [7, 11) is 0. The molecule has 0 saturated carbocycles. The van der Waals surface area contributed by atoms with Crippen LogP contribution in [-0.2, 0) is 13.0 Å². The predicted octanol–water partition coefficient (Wildman–Crippen LogP) is 6.79. The van der Waals surface area contributed by atoms with Crippen LogP contribution >= 0.6 is 11.3 Å².